The Balaban J connectivity index is 1.84. The van der Waals surface area contributed by atoms with Gasteiger partial charge in [-0.3, -0.25) is 15.0 Å². The minimum atomic E-state index is -0.347. The molecule has 108 valence electrons. The Morgan fingerprint density at radius 2 is 2.20 bits per heavy atom. The van der Waals surface area contributed by atoms with E-state index in [-0.39, 0.29) is 10.6 Å². The molecule has 1 unspecified atom stereocenters. The summed E-state index contributed by atoms with van der Waals surface area (Å²) in [6, 6.07) is 2.05. The van der Waals surface area contributed by atoms with Gasteiger partial charge in [0, 0.05) is 42.4 Å². The van der Waals surface area contributed by atoms with E-state index in [9.17, 15) is 10.1 Å². The average Bonchev–Trinajstić information content (AvgIpc) is 2.46. The first-order chi connectivity index (χ1) is 9.65. The second-order valence-corrected chi connectivity index (χ2v) is 6.30. The van der Waals surface area contributed by atoms with Crippen molar-refractivity contribution in [2.45, 2.75) is 25.3 Å². The molecule has 2 saturated heterocycles. The maximum atomic E-state index is 11.2. The van der Waals surface area contributed by atoms with Gasteiger partial charge < -0.3 is 4.90 Å². The SMILES string of the molecule is O=[N+]([O-])c1cc(Br)cnc1N1CCN2CCCCC2C1. The predicted molar refractivity (Wildman–Crippen MR) is 80.0 cm³/mol. The molecule has 0 saturated carbocycles. The van der Waals surface area contributed by atoms with Crippen LogP contribution in [-0.4, -0.2) is 47.0 Å². The summed E-state index contributed by atoms with van der Waals surface area (Å²) in [4.78, 5) is 19.7. The standard InChI is InChI=1S/C13H17BrN4O2/c14-10-7-12(18(19)20)13(15-8-10)17-6-5-16-4-2-1-3-11(16)9-17/h7-8,11H,1-6,9H2. The number of pyridine rings is 1. The molecule has 6 nitrogen and oxygen atoms in total. The van der Waals surface area contributed by atoms with E-state index in [0.29, 0.717) is 16.3 Å². The molecule has 7 heteroatoms. The summed E-state index contributed by atoms with van der Waals surface area (Å²) in [5.41, 5.74) is 0.0867. The second-order valence-electron chi connectivity index (χ2n) is 5.38. The Bertz CT molecular complexity index is 525. The molecule has 0 spiro atoms. The highest BCUT2D eigenvalue weighted by molar-refractivity contribution is 9.10. The Morgan fingerprint density at radius 1 is 1.35 bits per heavy atom. The van der Waals surface area contributed by atoms with E-state index >= 15 is 0 Å². The van der Waals surface area contributed by atoms with Crippen LogP contribution < -0.4 is 4.90 Å². The van der Waals surface area contributed by atoms with E-state index in [1.807, 2.05) is 0 Å². The Labute approximate surface area is 126 Å². The Morgan fingerprint density at radius 3 is 3.00 bits per heavy atom. The van der Waals surface area contributed by atoms with E-state index in [0.717, 1.165) is 26.2 Å². The van der Waals surface area contributed by atoms with Crippen molar-refractivity contribution in [2.75, 3.05) is 31.1 Å². The van der Waals surface area contributed by atoms with Crippen LogP contribution in [-0.2, 0) is 0 Å². The van der Waals surface area contributed by atoms with Crippen LogP contribution in [0.2, 0.25) is 0 Å². The van der Waals surface area contributed by atoms with Crippen LogP contribution >= 0.6 is 15.9 Å². The van der Waals surface area contributed by atoms with Gasteiger partial charge in [0.25, 0.3) is 0 Å². The van der Waals surface area contributed by atoms with Crippen LogP contribution in [0.25, 0.3) is 0 Å². The molecule has 0 bridgehead atoms. The molecule has 0 N–H and O–H groups in total. The number of nitrogens with zero attached hydrogens (tertiary/aromatic N) is 4. The van der Waals surface area contributed by atoms with Gasteiger partial charge in [0.15, 0.2) is 0 Å². The minimum absolute atomic E-state index is 0.0867. The molecule has 1 aromatic heterocycles. The lowest BCUT2D eigenvalue weighted by atomic mass is 9.99. The molecular weight excluding hydrogens is 324 g/mol. The summed E-state index contributed by atoms with van der Waals surface area (Å²) in [7, 11) is 0. The Kier molecular flexibility index (Phi) is 3.89. The minimum Gasteiger partial charge on any atom is -0.348 e. The van der Waals surface area contributed by atoms with Crippen molar-refractivity contribution in [2.24, 2.45) is 0 Å². The third-order valence-corrected chi connectivity index (χ3v) is 4.58. The second kappa shape index (κ2) is 5.65. The summed E-state index contributed by atoms with van der Waals surface area (Å²) < 4.78 is 0.643. The number of hydrogen-bond acceptors (Lipinski definition) is 5. The fourth-order valence-electron chi connectivity index (χ4n) is 3.15. The molecule has 3 rings (SSSR count). The number of halogens is 1. The predicted octanol–water partition coefficient (Wildman–Crippen LogP) is 2.43. The molecule has 20 heavy (non-hydrogen) atoms. The van der Waals surface area contributed by atoms with Crippen LogP contribution in [0.1, 0.15) is 19.3 Å². The zero-order chi connectivity index (χ0) is 14.1. The molecule has 2 fully saturated rings. The summed E-state index contributed by atoms with van der Waals surface area (Å²) in [5.74, 6) is 0.503. The van der Waals surface area contributed by atoms with Crippen molar-refractivity contribution >= 4 is 27.4 Å². The first kappa shape index (κ1) is 13.8. The van der Waals surface area contributed by atoms with E-state index in [4.69, 9.17) is 0 Å². The van der Waals surface area contributed by atoms with Crippen LogP contribution in [0, 0.1) is 10.1 Å². The van der Waals surface area contributed by atoms with E-state index in [1.54, 1.807) is 6.20 Å². The van der Waals surface area contributed by atoms with Crippen LogP contribution in [0.4, 0.5) is 11.5 Å². The van der Waals surface area contributed by atoms with Gasteiger partial charge in [-0.1, -0.05) is 6.42 Å². The van der Waals surface area contributed by atoms with Crippen LogP contribution in [0.5, 0.6) is 0 Å². The number of piperazine rings is 1. The maximum absolute atomic E-state index is 11.2. The highest BCUT2D eigenvalue weighted by Crippen LogP contribution is 2.31. The van der Waals surface area contributed by atoms with E-state index in [1.165, 1.54) is 25.3 Å². The lowest BCUT2D eigenvalue weighted by molar-refractivity contribution is -0.384. The van der Waals surface area contributed by atoms with Gasteiger partial charge in [-0.2, -0.15) is 0 Å². The molecule has 0 aromatic carbocycles. The van der Waals surface area contributed by atoms with Gasteiger partial charge in [-0.05, 0) is 35.3 Å². The molecule has 2 aliphatic rings. The third-order valence-electron chi connectivity index (χ3n) is 4.15. The normalized spacial score (nSPS) is 23.4. The van der Waals surface area contributed by atoms with Crippen molar-refractivity contribution in [3.8, 4) is 0 Å². The molecule has 1 atom stereocenters. The van der Waals surface area contributed by atoms with Crippen molar-refractivity contribution in [3.05, 3.63) is 26.9 Å². The molecule has 0 aliphatic carbocycles. The molecule has 0 amide bonds. The summed E-state index contributed by atoms with van der Waals surface area (Å²) >= 11 is 3.25. The lowest BCUT2D eigenvalue weighted by Gasteiger charge is -2.44. The highest BCUT2D eigenvalue weighted by atomic mass is 79.9. The smallest absolute Gasteiger partial charge is 0.312 e. The number of anilines is 1. The lowest BCUT2D eigenvalue weighted by Crippen LogP contribution is -2.55. The number of hydrogen-bond donors (Lipinski definition) is 0. The number of aromatic nitrogens is 1. The fourth-order valence-corrected chi connectivity index (χ4v) is 3.47. The molecular formula is C13H17BrN4O2. The zero-order valence-electron chi connectivity index (χ0n) is 11.2. The van der Waals surface area contributed by atoms with Crippen LogP contribution in [0.15, 0.2) is 16.7 Å². The topological polar surface area (TPSA) is 62.5 Å². The summed E-state index contributed by atoms with van der Waals surface area (Å²) in [5, 5.41) is 11.2. The van der Waals surface area contributed by atoms with Gasteiger partial charge in [-0.25, -0.2) is 4.98 Å². The van der Waals surface area contributed by atoms with Gasteiger partial charge >= 0.3 is 5.69 Å². The fraction of sp³-hybridized carbons (Fsp3) is 0.615. The van der Waals surface area contributed by atoms with Crippen LogP contribution in [0.3, 0.4) is 0 Å². The first-order valence-electron chi connectivity index (χ1n) is 6.94. The van der Waals surface area contributed by atoms with Gasteiger partial charge in [0.1, 0.15) is 0 Å². The Hall–Kier alpha value is -1.21. The third kappa shape index (κ3) is 2.64. The maximum Gasteiger partial charge on any atom is 0.312 e. The van der Waals surface area contributed by atoms with Crippen molar-refractivity contribution in [3.63, 3.8) is 0 Å². The molecule has 1 aromatic rings. The monoisotopic (exact) mass is 340 g/mol. The number of fused-ring (bicyclic) bond motifs is 1. The van der Waals surface area contributed by atoms with Gasteiger partial charge in [-0.15, -0.1) is 0 Å². The molecule has 3 heterocycles. The first-order valence-corrected chi connectivity index (χ1v) is 7.73. The largest absolute Gasteiger partial charge is 0.348 e. The van der Waals surface area contributed by atoms with E-state index < -0.39 is 0 Å². The number of rotatable bonds is 2. The average molecular weight is 341 g/mol. The van der Waals surface area contributed by atoms with Crippen molar-refractivity contribution in [1.29, 1.82) is 0 Å². The van der Waals surface area contributed by atoms with E-state index in [2.05, 4.69) is 30.7 Å². The summed E-state index contributed by atoms with van der Waals surface area (Å²) in [6.07, 6.45) is 5.34. The highest BCUT2D eigenvalue weighted by Gasteiger charge is 2.32. The number of piperidine rings is 1. The van der Waals surface area contributed by atoms with Gasteiger partial charge in [0.05, 0.1) is 4.92 Å². The van der Waals surface area contributed by atoms with Crippen molar-refractivity contribution in [1.82, 2.24) is 9.88 Å². The zero-order valence-corrected chi connectivity index (χ0v) is 12.8. The quantitative estimate of drug-likeness (QED) is 0.611. The van der Waals surface area contributed by atoms with Crippen molar-refractivity contribution < 1.29 is 4.92 Å². The van der Waals surface area contributed by atoms with Gasteiger partial charge in [0.2, 0.25) is 5.82 Å². The molecule has 0 radical (unpaired) electrons. The summed E-state index contributed by atoms with van der Waals surface area (Å²) in [6.45, 7) is 3.79. The molecule has 2 aliphatic heterocycles. The number of nitro groups is 1.